The van der Waals surface area contributed by atoms with Crippen LogP contribution in [0.25, 0.3) is 0 Å². The van der Waals surface area contributed by atoms with E-state index in [-0.39, 0.29) is 30.8 Å². The summed E-state index contributed by atoms with van der Waals surface area (Å²) in [6, 6.07) is 20.4. The zero-order valence-electron chi connectivity index (χ0n) is 19.4. The van der Waals surface area contributed by atoms with Crippen LogP contribution in [0.3, 0.4) is 0 Å². The topological polar surface area (TPSA) is 68.3 Å². The largest absolute Gasteiger partial charge is 0.493 e. The van der Waals surface area contributed by atoms with Crippen LogP contribution in [0.4, 0.5) is 4.39 Å². The Labute approximate surface area is 202 Å². The van der Waals surface area contributed by atoms with Gasteiger partial charge in [-0.1, -0.05) is 48.5 Å². The predicted octanol–water partition coefficient (Wildman–Crippen LogP) is 3.89. The van der Waals surface area contributed by atoms with Crippen LogP contribution in [-0.4, -0.2) is 42.0 Å². The highest BCUT2D eigenvalue weighted by Crippen LogP contribution is 2.45. The summed E-state index contributed by atoms with van der Waals surface area (Å²) in [5, 5.41) is 1.57. The molecule has 180 valence electrons. The molecule has 5 rings (SSSR count). The molecule has 0 saturated carbocycles. The van der Waals surface area contributed by atoms with E-state index in [1.807, 2.05) is 36.4 Å². The standard InChI is InChI=1S/C27H25FN2O5/c1-29-24(23-25(35-29)27(32)30(26(23)31)15-17-6-4-3-5-7-17)19-10-13-21(22(14-19)33-2)34-16-18-8-11-20(28)12-9-18/h3-14,23-25H,15-16H2,1-2H3/t23-,24+,25-/m0/s1. The molecule has 2 heterocycles. The molecule has 7 nitrogen and oxygen atoms in total. The van der Waals surface area contributed by atoms with Crippen molar-refractivity contribution >= 4 is 11.8 Å². The van der Waals surface area contributed by atoms with E-state index in [2.05, 4.69) is 0 Å². The first kappa shape index (κ1) is 23.0. The number of likely N-dealkylation sites (tertiary alicyclic amines) is 1. The van der Waals surface area contributed by atoms with Crippen LogP contribution >= 0.6 is 0 Å². The van der Waals surface area contributed by atoms with Gasteiger partial charge in [-0.05, 0) is 41.0 Å². The lowest BCUT2D eigenvalue weighted by molar-refractivity contribution is -0.170. The highest BCUT2D eigenvalue weighted by Gasteiger charge is 2.58. The first-order valence-electron chi connectivity index (χ1n) is 11.3. The van der Waals surface area contributed by atoms with Crippen molar-refractivity contribution in [3.05, 3.63) is 95.3 Å². The van der Waals surface area contributed by atoms with Crippen LogP contribution in [0.15, 0.2) is 72.8 Å². The molecule has 2 amide bonds. The number of fused-ring (bicyclic) bond motifs is 1. The molecule has 3 aromatic carbocycles. The van der Waals surface area contributed by atoms with Crippen molar-refractivity contribution < 1.29 is 28.3 Å². The van der Waals surface area contributed by atoms with E-state index in [9.17, 15) is 14.0 Å². The summed E-state index contributed by atoms with van der Waals surface area (Å²) in [5.41, 5.74) is 2.47. The fraction of sp³-hybridized carbons (Fsp3) is 0.259. The Bertz CT molecular complexity index is 1230. The molecule has 8 heteroatoms. The SMILES string of the molecule is COc1cc([C@@H]2[C@@H]3C(=O)N(Cc4ccccc4)C(=O)[C@H]3ON2C)ccc1OCc1ccc(F)cc1. The highest BCUT2D eigenvalue weighted by atomic mass is 19.1. The minimum Gasteiger partial charge on any atom is -0.493 e. The van der Waals surface area contributed by atoms with Crippen molar-refractivity contribution in [2.24, 2.45) is 5.92 Å². The Balaban J connectivity index is 1.36. The Morgan fingerprint density at radius 2 is 1.66 bits per heavy atom. The number of ether oxygens (including phenoxy) is 2. The lowest BCUT2D eigenvalue weighted by atomic mass is 9.91. The quantitative estimate of drug-likeness (QED) is 0.482. The number of imide groups is 1. The van der Waals surface area contributed by atoms with Gasteiger partial charge in [-0.3, -0.25) is 19.3 Å². The van der Waals surface area contributed by atoms with E-state index >= 15 is 0 Å². The third kappa shape index (κ3) is 4.38. The predicted molar refractivity (Wildman–Crippen MR) is 125 cm³/mol. The van der Waals surface area contributed by atoms with Crippen LogP contribution < -0.4 is 9.47 Å². The second kappa shape index (κ2) is 9.48. The molecule has 2 fully saturated rings. The van der Waals surface area contributed by atoms with Crippen LogP contribution in [-0.2, 0) is 27.6 Å². The van der Waals surface area contributed by atoms with Crippen molar-refractivity contribution in [3.8, 4) is 11.5 Å². The first-order valence-corrected chi connectivity index (χ1v) is 11.3. The summed E-state index contributed by atoms with van der Waals surface area (Å²) in [6.07, 6.45) is -0.860. The fourth-order valence-electron chi connectivity index (χ4n) is 4.68. The summed E-state index contributed by atoms with van der Waals surface area (Å²) in [5.74, 6) is -0.554. The Morgan fingerprint density at radius 1 is 0.914 bits per heavy atom. The molecular weight excluding hydrogens is 451 g/mol. The van der Waals surface area contributed by atoms with Crippen LogP contribution in [0.1, 0.15) is 22.7 Å². The molecular formula is C27H25FN2O5. The smallest absolute Gasteiger partial charge is 0.261 e. The molecule has 0 spiro atoms. The monoisotopic (exact) mass is 476 g/mol. The second-order valence-corrected chi connectivity index (χ2v) is 8.62. The minimum atomic E-state index is -0.860. The number of carbonyl (C=O) groups excluding carboxylic acids is 2. The van der Waals surface area contributed by atoms with E-state index in [0.29, 0.717) is 11.5 Å². The van der Waals surface area contributed by atoms with Gasteiger partial charge in [-0.2, -0.15) is 5.06 Å². The first-order chi connectivity index (χ1) is 17.0. The lowest BCUT2D eigenvalue weighted by Crippen LogP contribution is -2.35. The summed E-state index contributed by atoms with van der Waals surface area (Å²) < 4.78 is 24.6. The third-order valence-corrected chi connectivity index (χ3v) is 6.42. The Kier molecular flexibility index (Phi) is 6.23. The molecule has 3 atom stereocenters. The molecule has 3 aromatic rings. The maximum atomic E-state index is 13.4. The van der Waals surface area contributed by atoms with E-state index in [1.165, 1.54) is 24.1 Å². The molecule has 0 radical (unpaired) electrons. The summed E-state index contributed by atoms with van der Waals surface area (Å²) in [6.45, 7) is 0.458. The molecule has 2 aliphatic heterocycles. The number of carbonyl (C=O) groups is 2. The minimum absolute atomic E-state index is 0.213. The van der Waals surface area contributed by atoms with Gasteiger partial charge in [0.15, 0.2) is 17.6 Å². The average Bonchev–Trinajstić information content (AvgIpc) is 3.33. The molecule has 0 aromatic heterocycles. The molecule has 0 unspecified atom stereocenters. The van der Waals surface area contributed by atoms with Gasteiger partial charge in [0.2, 0.25) is 5.91 Å². The molecule has 35 heavy (non-hydrogen) atoms. The fourth-order valence-corrected chi connectivity index (χ4v) is 4.68. The van der Waals surface area contributed by atoms with E-state index in [4.69, 9.17) is 14.3 Å². The van der Waals surface area contributed by atoms with Crippen molar-refractivity contribution in [2.45, 2.75) is 25.3 Å². The van der Waals surface area contributed by atoms with Gasteiger partial charge in [-0.15, -0.1) is 0 Å². The average molecular weight is 477 g/mol. The zero-order valence-corrected chi connectivity index (χ0v) is 19.4. The molecule has 0 bridgehead atoms. The van der Waals surface area contributed by atoms with Gasteiger partial charge >= 0.3 is 0 Å². The number of amides is 2. The highest BCUT2D eigenvalue weighted by molar-refractivity contribution is 6.07. The summed E-state index contributed by atoms with van der Waals surface area (Å²) in [4.78, 5) is 33.5. The van der Waals surface area contributed by atoms with Crippen molar-refractivity contribution in [2.75, 3.05) is 14.2 Å². The maximum absolute atomic E-state index is 13.4. The van der Waals surface area contributed by atoms with Gasteiger partial charge in [-0.25, -0.2) is 4.39 Å². The van der Waals surface area contributed by atoms with Crippen LogP contribution in [0, 0.1) is 11.7 Å². The molecule has 2 saturated heterocycles. The normalized spacial score (nSPS) is 21.9. The number of hydrogen-bond acceptors (Lipinski definition) is 6. The number of hydrogen-bond donors (Lipinski definition) is 0. The summed E-state index contributed by atoms with van der Waals surface area (Å²) >= 11 is 0. The molecule has 2 aliphatic rings. The number of benzene rings is 3. The third-order valence-electron chi connectivity index (χ3n) is 6.42. The number of halogens is 1. The maximum Gasteiger partial charge on any atom is 0.261 e. The Hall–Kier alpha value is -3.75. The number of nitrogens with zero attached hydrogens (tertiary/aromatic N) is 2. The van der Waals surface area contributed by atoms with Gasteiger partial charge in [0.05, 0.1) is 25.6 Å². The molecule has 0 N–H and O–H groups in total. The van der Waals surface area contributed by atoms with Gasteiger partial charge in [0, 0.05) is 7.05 Å². The number of hydroxylamine groups is 2. The number of methoxy groups -OCH3 is 1. The van der Waals surface area contributed by atoms with E-state index in [1.54, 1.807) is 36.4 Å². The lowest BCUT2D eigenvalue weighted by Gasteiger charge is -2.25. The van der Waals surface area contributed by atoms with E-state index < -0.39 is 18.1 Å². The van der Waals surface area contributed by atoms with Gasteiger partial charge < -0.3 is 9.47 Å². The van der Waals surface area contributed by atoms with Gasteiger partial charge in [0.25, 0.3) is 5.91 Å². The van der Waals surface area contributed by atoms with Crippen molar-refractivity contribution in [1.82, 2.24) is 9.96 Å². The summed E-state index contributed by atoms with van der Waals surface area (Å²) in [7, 11) is 3.25. The second-order valence-electron chi connectivity index (χ2n) is 8.62. The van der Waals surface area contributed by atoms with E-state index in [0.717, 1.165) is 16.7 Å². The molecule has 0 aliphatic carbocycles. The van der Waals surface area contributed by atoms with Crippen molar-refractivity contribution in [1.29, 1.82) is 0 Å². The number of rotatable bonds is 7. The van der Waals surface area contributed by atoms with Crippen LogP contribution in [0.2, 0.25) is 0 Å². The Morgan fingerprint density at radius 3 is 2.37 bits per heavy atom. The van der Waals surface area contributed by atoms with Gasteiger partial charge in [0.1, 0.15) is 12.4 Å². The van der Waals surface area contributed by atoms with Crippen LogP contribution in [0.5, 0.6) is 11.5 Å². The zero-order chi connectivity index (χ0) is 24.5. The van der Waals surface area contributed by atoms with Crippen molar-refractivity contribution in [3.63, 3.8) is 0 Å².